The molecule has 402 valence electrons. The summed E-state index contributed by atoms with van der Waals surface area (Å²) in [5, 5.41) is 9.23. The van der Waals surface area contributed by atoms with Crippen LogP contribution >= 0.6 is 0 Å². The van der Waals surface area contributed by atoms with Gasteiger partial charge in [0.25, 0.3) is 0 Å². The van der Waals surface area contributed by atoms with Crippen LogP contribution < -0.4 is 5.73 Å². The summed E-state index contributed by atoms with van der Waals surface area (Å²) in [5.41, 5.74) is 14.4. The van der Waals surface area contributed by atoms with Gasteiger partial charge in [0, 0.05) is 130 Å². The largest absolute Gasteiger partial charge is 0.378 e. The van der Waals surface area contributed by atoms with E-state index in [-0.39, 0.29) is 33.0 Å². The molecule has 6 aliphatic heterocycles. The summed E-state index contributed by atoms with van der Waals surface area (Å²) in [6.45, 7) is 6.55. The number of hydrogen-bond acceptors (Lipinski definition) is 12. The Morgan fingerprint density at radius 3 is 1.53 bits per heavy atom. The van der Waals surface area contributed by atoms with Crippen molar-refractivity contribution in [2.24, 2.45) is 5.73 Å². The predicted molar refractivity (Wildman–Crippen MR) is 292 cm³/mol. The minimum absolute atomic E-state index is 0.0876. The minimum Gasteiger partial charge on any atom is -0.378 e. The van der Waals surface area contributed by atoms with Gasteiger partial charge in [-0.2, -0.15) is 5.26 Å². The number of hydrogen-bond donors (Lipinski definition) is 1. The third-order valence-corrected chi connectivity index (χ3v) is 18.3. The van der Waals surface area contributed by atoms with Gasteiger partial charge in [0.1, 0.15) is 6.29 Å². The average molecular weight is 1030 g/mol. The lowest BCUT2D eigenvalue weighted by molar-refractivity contribution is -0.120. The number of rotatable bonds is 10. The maximum absolute atomic E-state index is 11.2. The van der Waals surface area contributed by atoms with Crippen LogP contribution in [0.2, 0.25) is 0 Å². The van der Waals surface area contributed by atoms with Crippen molar-refractivity contribution >= 4 is 6.29 Å². The quantitative estimate of drug-likeness (QED) is 0.132. The molecule has 2 N–H and O–H groups in total. The molecular weight excluding hydrogens is 951 g/mol. The van der Waals surface area contributed by atoms with Crippen LogP contribution in [0.15, 0.2) is 122 Å². The van der Waals surface area contributed by atoms with Gasteiger partial charge in [0.15, 0.2) is 0 Å². The molecule has 8 atom stereocenters. The van der Waals surface area contributed by atoms with Gasteiger partial charge in [-0.15, -0.1) is 0 Å². The highest BCUT2D eigenvalue weighted by molar-refractivity contribution is 5.53. The van der Waals surface area contributed by atoms with Crippen molar-refractivity contribution in [2.75, 3.05) is 59.5 Å². The maximum atomic E-state index is 11.2. The van der Waals surface area contributed by atoms with Gasteiger partial charge in [0.05, 0.1) is 42.7 Å². The number of nitrogens with two attached hydrogens (primary N) is 1. The lowest BCUT2D eigenvalue weighted by Gasteiger charge is -2.45. The third-order valence-electron chi connectivity index (χ3n) is 18.3. The molecular formula is C64H79N5O7. The van der Waals surface area contributed by atoms with E-state index in [2.05, 4.69) is 76.7 Å². The van der Waals surface area contributed by atoms with E-state index in [1.807, 2.05) is 54.9 Å². The van der Waals surface area contributed by atoms with E-state index in [0.717, 1.165) is 127 Å². The molecule has 8 aliphatic rings. The fourth-order valence-corrected chi connectivity index (χ4v) is 14.3. The van der Waals surface area contributed by atoms with Crippen molar-refractivity contribution in [1.29, 1.82) is 5.26 Å². The summed E-state index contributed by atoms with van der Waals surface area (Å²) in [5.74, 6) is 0.737. The topological polar surface area (TPSA) is 161 Å². The number of nitrogens with zero attached hydrogens (tertiary/aromatic N) is 4. The third kappa shape index (κ3) is 12.2. The molecule has 0 radical (unpaired) electrons. The summed E-state index contributed by atoms with van der Waals surface area (Å²) in [6, 6.07) is 38.4. The molecule has 2 aliphatic carbocycles. The fraction of sp³-hybridized carbons (Fsp3) is 0.547. The molecule has 2 aromatic carbocycles. The molecule has 6 fully saturated rings. The SMILES string of the molecule is N#CC[C@@]1(c2ccccn2)CCO[C@]2(CCOC2)C1.N[C@H]1CCc2ccccc21.O=CC[C@@]1(c2ccccn2)CCO[C@]2(CCOC2)C1.c1ccc([C@]2(CCC[C@H]3CCc4ccccc43)CCO[C@]3(CCOC3)C2)nc1. The number of pyridine rings is 3. The molecule has 0 bridgehead atoms. The first-order chi connectivity index (χ1) is 37.2. The Hall–Kier alpha value is -5.23. The van der Waals surface area contributed by atoms with Crippen LogP contribution in [-0.2, 0) is 62.3 Å². The van der Waals surface area contributed by atoms with Gasteiger partial charge >= 0.3 is 0 Å². The molecule has 6 saturated heterocycles. The number of ether oxygens (including phenoxy) is 6. The van der Waals surface area contributed by atoms with Crippen molar-refractivity contribution in [2.45, 2.75) is 161 Å². The van der Waals surface area contributed by atoms with Crippen molar-refractivity contribution in [3.05, 3.63) is 161 Å². The zero-order valence-electron chi connectivity index (χ0n) is 44.6. The Bertz CT molecular complexity index is 2670. The molecule has 13 rings (SSSR count). The molecule has 0 unspecified atom stereocenters. The Kier molecular flexibility index (Phi) is 17.5. The monoisotopic (exact) mass is 1030 g/mol. The summed E-state index contributed by atoms with van der Waals surface area (Å²) < 4.78 is 35.0. The molecule has 0 saturated carbocycles. The number of aldehydes is 1. The first-order valence-electron chi connectivity index (χ1n) is 28.4. The summed E-state index contributed by atoms with van der Waals surface area (Å²) >= 11 is 0. The fourth-order valence-electron chi connectivity index (χ4n) is 14.3. The van der Waals surface area contributed by atoms with E-state index in [1.54, 1.807) is 17.3 Å². The van der Waals surface area contributed by atoms with Crippen LogP contribution in [0.4, 0.5) is 0 Å². The van der Waals surface area contributed by atoms with Crippen LogP contribution in [0.25, 0.3) is 0 Å². The van der Waals surface area contributed by atoms with Gasteiger partial charge < -0.3 is 38.9 Å². The number of carbonyl (C=O) groups is 1. The highest BCUT2D eigenvalue weighted by Gasteiger charge is 2.52. The van der Waals surface area contributed by atoms with Gasteiger partial charge in [-0.3, -0.25) is 15.0 Å². The van der Waals surface area contributed by atoms with Crippen molar-refractivity contribution in [3.8, 4) is 6.07 Å². The zero-order chi connectivity index (χ0) is 52.2. The molecule has 5 aromatic rings. The number of aromatic nitrogens is 3. The van der Waals surface area contributed by atoms with Crippen LogP contribution in [0.3, 0.4) is 0 Å². The molecule has 76 heavy (non-hydrogen) atoms. The maximum Gasteiger partial charge on any atom is 0.120 e. The van der Waals surface area contributed by atoms with Crippen LogP contribution in [0, 0.1) is 11.3 Å². The van der Waals surface area contributed by atoms with Crippen LogP contribution in [0.5, 0.6) is 0 Å². The Morgan fingerprint density at radius 2 is 1.01 bits per heavy atom. The number of fused-ring (bicyclic) bond motifs is 2. The van der Waals surface area contributed by atoms with E-state index in [0.29, 0.717) is 45.3 Å². The Morgan fingerprint density at radius 1 is 0.553 bits per heavy atom. The zero-order valence-corrected chi connectivity index (χ0v) is 44.6. The standard InChI is InChI=1S/C25H31NO2.C15H18N2O2.C15H19NO3.C9H11N/c1-2-8-22-20(6-1)10-11-21(22)7-5-12-24(23-9-3-4-15-26-23)13-17-28-25(18-24)14-16-27-19-25;16-7-4-14(13-3-1-2-8-17-13)5-10-19-15(11-14)6-9-18-12-15;17-8-4-14(13-3-1-2-7-16-13)5-10-19-15(11-14)6-9-18-12-15;10-9-6-5-7-3-1-2-4-8(7)9/h1-4,6,8-9,15,21H,5,7,10-14,16-19H2;1-3,8H,4-6,9-12H2;1-3,7-8H,4-6,9-12H2;1-4,9H,5-6,10H2/t21-,24+,25+;2*14-,15-;9-/m0110/s1. The van der Waals surface area contributed by atoms with Gasteiger partial charge in [0.2, 0.25) is 0 Å². The first-order valence-corrected chi connectivity index (χ1v) is 28.4. The predicted octanol–water partition coefficient (Wildman–Crippen LogP) is 10.9. The number of benzene rings is 2. The highest BCUT2D eigenvalue weighted by atomic mass is 16.6. The first kappa shape index (κ1) is 54.1. The summed E-state index contributed by atoms with van der Waals surface area (Å²) in [7, 11) is 0. The van der Waals surface area contributed by atoms with Crippen LogP contribution in [-0.4, -0.2) is 97.5 Å². The van der Waals surface area contributed by atoms with Gasteiger partial charge in [-0.05, 0) is 142 Å². The van der Waals surface area contributed by atoms with Crippen molar-refractivity contribution in [3.63, 3.8) is 0 Å². The second kappa shape index (κ2) is 24.6. The lowest BCUT2D eigenvalue weighted by Crippen LogP contribution is -2.48. The Balaban J connectivity index is 0.000000121. The van der Waals surface area contributed by atoms with E-state index in [4.69, 9.17) is 39.1 Å². The molecule has 3 spiro atoms. The molecule has 9 heterocycles. The molecule has 0 amide bonds. The van der Waals surface area contributed by atoms with E-state index < -0.39 is 0 Å². The van der Waals surface area contributed by atoms with Crippen molar-refractivity contribution < 1.29 is 33.2 Å². The van der Waals surface area contributed by atoms with Gasteiger partial charge in [-0.25, -0.2) is 0 Å². The lowest BCUT2D eigenvalue weighted by atomic mass is 9.67. The van der Waals surface area contributed by atoms with Gasteiger partial charge in [-0.1, -0.05) is 73.2 Å². The second-order valence-electron chi connectivity index (χ2n) is 23.1. The van der Waals surface area contributed by atoms with E-state index in [9.17, 15) is 10.1 Å². The number of aryl methyl sites for hydroxylation is 2. The van der Waals surface area contributed by atoms with Crippen molar-refractivity contribution in [1.82, 2.24) is 15.0 Å². The molecule has 12 heteroatoms. The molecule has 12 nitrogen and oxygen atoms in total. The summed E-state index contributed by atoms with van der Waals surface area (Å²) in [6.07, 6.45) is 24.6. The Labute approximate surface area is 450 Å². The molecule has 3 aromatic heterocycles. The normalized spacial score (nSPS) is 31.9. The second-order valence-corrected chi connectivity index (χ2v) is 23.1. The smallest absolute Gasteiger partial charge is 0.120 e. The average Bonchev–Trinajstić information content (AvgIpc) is 4.37. The number of nitriles is 1. The van der Waals surface area contributed by atoms with Crippen LogP contribution in [0.1, 0.15) is 154 Å². The number of carbonyl (C=O) groups excluding carboxylic acids is 1. The highest BCUT2D eigenvalue weighted by Crippen LogP contribution is 2.50. The van der Waals surface area contributed by atoms with E-state index in [1.165, 1.54) is 48.9 Å². The summed E-state index contributed by atoms with van der Waals surface area (Å²) in [4.78, 5) is 25.0. The van der Waals surface area contributed by atoms with E-state index >= 15 is 0 Å². The minimum atomic E-state index is -0.210.